The molecular weight excluding hydrogens is 741 g/mol. The summed E-state index contributed by atoms with van der Waals surface area (Å²) in [7, 11) is 0. The molecule has 4 saturated carbocycles. The van der Waals surface area contributed by atoms with Gasteiger partial charge in [-0.15, -0.1) is 0 Å². The minimum atomic E-state index is 0.786. The Labute approximate surface area is 378 Å². The SMILES string of the molecule is CCCCCCc1ncc(Oc2cnc(CCCCCC)c(CC3CCC(C4CCC(CCCCC)CC4)CC3)c2)cc1CC1CCC(C2CCC(CCCCC)CC2)CC1. The number of aromatic nitrogens is 2. The highest BCUT2D eigenvalue weighted by Gasteiger charge is 2.33. The van der Waals surface area contributed by atoms with E-state index in [1.54, 1.807) is 0 Å². The first-order valence-corrected chi connectivity index (χ1v) is 27.7. The van der Waals surface area contributed by atoms with Gasteiger partial charge in [0.2, 0.25) is 0 Å². The molecule has 0 atom stereocenters. The Morgan fingerprint density at radius 2 is 0.721 bits per heavy atom. The van der Waals surface area contributed by atoms with Crippen molar-refractivity contribution in [3.05, 3.63) is 47.0 Å². The second-order valence-corrected chi connectivity index (χ2v) is 21.8. The molecule has 3 nitrogen and oxygen atoms in total. The van der Waals surface area contributed by atoms with E-state index >= 15 is 0 Å². The fourth-order valence-electron chi connectivity index (χ4n) is 13.1. The summed E-state index contributed by atoms with van der Waals surface area (Å²) in [6.07, 6.45) is 53.9. The van der Waals surface area contributed by atoms with Crippen molar-refractivity contribution in [3.63, 3.8) is 0 Å². The maximum atomic E-state index is 6.78. The normalized spacial score (nSPS) is 27.3. The number of aryl methyl sites for hydroxylation is 2. The Morgan fingerprint density at radius 1 is 0.393 bits per heavy atom. The van der Waals surface area contributed by atoms with Crippen molar-refractivity contribution >= 4 is 0 Å². The molecule has 0 N–H and O–H groups in total. The van der Waals surface area contributed by atoms with Gasteiger partial charge < -0.3 is 4.74 Å². The molecule has 4 aliphatic carbocycles. The number of pyridine rings is 2. The van der Waals surface area contributed by atoms with E-state index in [2.05, 4.69) is 39.8 Å². The van der Waals surface area contributed by atoms with Crippen LogP contribution in [0.25, 0.3) is 0 Å². The third-order valence-corrected chi connectivity index (χ3v) is 17.2. The fraction of sp³-hybridized carbons (Fsp3) is 0.828. The van der Waals surface area contributed by atoms with Crippen molar-refractivity contribution in [1.29, 1.82) is 0 Å². The molecule has 0 unspecified atom stereocenters. The van der Waals surface area contributed by atoms with Gasteiger partial charge in [-0.2, -0.15) is 0 Å². The predicted molar refractivity (Wildman–Crippen MR) is 262 cm³/mol. The minimum absolute atomic E-state index is 0.786. The van der Waals surface area contributed by atoms with E-state index in [0.717, 1.165) is 71.7 Å². The van der Waals surface area contributed by atoms with Crippen LogP contribution < -0.4 is 4.74 Å². The molecule has 61 heavy (non-hydrogen) atoms. The molecule has 4 fully saturated rings. The molecular formula is C58H96N2O. The van der Waals surface area contributed by atoms with Crippen molar-refractivity contribution in [2.75, 3.05) is 0 Å². The van der Waals surface area contributed by atoms with Crippen LogP contribution in [0.1, 0.15) is 256 Å². The highest BCUT2D eigenvalue weighted by Crippen LogP contribution is 2.45. The molecule has 2 aromatic rings. The number of ether oxygens (including phenoxy) is 1. The topological polar surface area (TPSA) is 35.0 Å². The standard InChI is InChI=1S/C58H96N2O/c1-5-9-13-17-21-57-53(39-47-27-35-51(36-28-47)49-31-23-45(24-32-49)19-15-11-7-3)41-55(43-59-57)61-56-42-54(58(60-44-56)22-18-14-10-6-2)40-48-29-37-52(38-30-48)50-33-25-46(26-34-50)20-16-12-8-4/h41-52H,5-40H2,1-4H3. The van der Waals surface area contributed by atoms with Gasteiger partial charge in [0.25, 0.3) is 0 Å². The van der Waals surface area contributed by atoms with Crippen LogP contribution in [0.4, 0.5) is 0 Å². The number of hydrogen-bond acceptors (Lipinski definition) is 3. The van der Waals surface area contributed by atoms with E-state index in [1.165, 1.54) is 241 Å². The Bertz CT molecular complexity index is 1340. The maximum absolute atomic E-state index is 6.78. The first-order chi connectivity index (χ1) is 30.0. The highest BCUT2D eigenvalue weighted by atomic mass is 16.5. The molecule has 6 rings (SSSR count). The Morgan fingerprint density at radius 3 is 1.07 bits per heavy atom. The molecule has 344 valence electrons. The predicted octanol–water partition coefficient (Wildman–Crippen LogP) is 18.0. The van der Waals surface area contributed by atoms with E-state index in [9.17, 15) is 0 Å². The number of unbranched alkanes of at least 4 members (excludes halogenated alkanes) is 10. The van der Waals surface area contributed by atoms with E-state index < -0.39 is 0 Å². The Balaban J connectivity index is 1.05. The van der Waals surface area contributed by atoms with Crippen LogP contribution >= 0.6 is 0 Å². The molecule has 0 amide bonds. The van der Waals surface area contributed by atoms with Crippen LogP contribution in [0.15, 0.2) is 24.5 Å². The lowest BCUT2D eigenvalue weighted by Gasteiger charge is -2.38. The van der Waals surface area contributed by atoms with E-state index in [4.69, 9.17) is 14.7 Å². The number of rotatable bonds is 26. The zero-order valence-electron chi connectivity index (χ0n) is 40.7. The minimum Gasteiger partial charge on any atom is -0.454 e. The summed E-state index contributed by atoms with van der Waals surface area (Å²) in [4.78, 5) is 10.3. The second-order valence-electron chi connectivity index (χ2n) is 21.8. The monoisotopic (exact) mass is 837 g/mol. The third-order valence-electron chi connectivity index (χ3n) is 17.2. The second kappa shape index (κ2) is 27.4. The van der Waals surface area contributed by atoms with E-state index in [-0.39, 0.29) is 0 Å². The third kappa shape index (κ3) is 16.2. The van der Waals surface area contributed by atoms with Gasteiger partial charge >= 0.3 is 0 Å². The average Bonchev–Trinajstić information content (AvgIpc) is 3.29. The summed E-state index contributed by atoms with van der Waals surface area (Å²) in [6.45, 7) is 9.32. The zero-order valence-corrected chi connectivity index (χ0v) is 40.7. The summed E-state index contributed by atoms with van der Waals surface area (Å²) in [5, 5.41) is 0. The number of nitrogens with zero attached hydrogens (tertiary/aromatic N) is 2. The summed E-state index contributed by atoms with van der Waals surface area (Å²) >= 11 is 0. The molecule has 0 spiro atoms. The molecule has 2 aromatic heterocycles. The van der Waals surface area contributed by atoms with E-state index in [0.29, 0.717) is 0 Å². The van der Waals surface area contributed by atoms with Crippen LogP contribution in [-0.2, 0) is 25.7 Å². The van der Waals surface area contributed by atoms with Gasteiger partial charge in [-0.25, -0.2) is 0 Å². The summed E-state index contributed by atoms with van der Waals surface area (Å²) in [5.74, 6) is 9.41. The first-order valence-electron chi connectivity index (χ1n) is 27.7. The van der Waals surface area contributed by atoms with Crippen molar-refractivity contribution in [2.45, 2.75) is 259 Å². The summed E-state index contributed by atoms with van der Waals surface area (Å²) in [6, 6.07) is 4.79. The van der Waals surface area contributed by atoms with Crippen molar-refractivity contribution in [2.24, 2.45) is 47.3 Å². The van der Waals surface area contributed by atoms with Gasteiger partial charge in [0, 0.05) is 11.4 Å². The molecule has 0 aromatic carbocycles. The van der Waals surface area contributed by atoms with Gasteiger partial charge in [-0.3, -0.25) is 9.97 Å². The molecule has 0 aliphatic heterocycles. The zero-order chi connectivity index (χ0) is 42.5. The number of hydrogen-bond donors (Lipinski definition) is 0. The molecule has 4 aliphatic rings. The summed E-state index contributed by atoms with van der Waals surface area (Å²) < 4.78 is 6.78. The van der Waals surface area contributed by atoms with Gasteiger partial charge in [0.15, 0.2) is 0 Å². The van der Waals surface area contributed by atoms with Crippen LogP contribution in [0.2, 0.25) is 0 Å². The molecule has 0 saturated heterocycles. The maximum Gasteiger partial charge on any atom is 0.146 e. The smallest absolute Gasteiger partial charge is 0.146 e. The molecule has 2 heterocycles. The lowest BCUT2D eigenvalue weighted by atomic mass is 9.68. The molecule has 0 bridgehead atoms. The van der Waals surface area contributed by atoms with Gasteiger partial charge in [-0.1, -0.05) is 143 Å². The van der Waals surface area contributed by atoms with Crippen LogP contribution in [0.5, 0.6) is 11.5 Å². The Hall–Kier alpha value is -1.90. The van der Waals surface area contributed by atoms with Crippen LogP contribution in [-0.4, -0.2) is 9.97 Å². The molecule has 3 heteroatoms. The van der Waals surface area contributed by atoms with Crippen molar-refractivity contribution < 1.29 is 4.74 Å². The van der Waals surface area contributed by atoms with Crippen molar-refractivity contribution in [1.82, 2.24) is 9.97 Å². The first kappa shape index (κ1) is 48.6. The quantitative estimate of drug-likeness (QED) is 0.0886. The summed E-state index contributed by atoms with van der Waals surface area (Å²) in [5.41, 5.74) is 5.60. The molecule has 0 radical (unpaired) electrons. The van der Waals surface area contributed by atoms with Gasteiger partial charge in [0.1, 0.15) is 11.5 Å². The van der Waals surface area contributed by atoms with Crippen LogP contribution in [0.3, 0.4) is 0 Å². The Kier molecular flexibility index (Phi) is 21.8. The highest BCUT2D eigenvalue weighted by molar-refractivity contribution is 5.36. The lowest BCUT2D eigenvalue weighted by molar-refractivity contribution is 0.142. The van der Waals surface area contributed by atoms with Gasteiger partial charge in [-0.05, 0) is 186 Å². The largest absolute Gasteiger partial charge is 0.454 e. The van der Waals surface area contributed by atoms with E-state index in [1.807, 2.05) is 12.4 Å². The van der Waals surface area contributed by atoms with Crippen molar-refractivity contribution in [3.8, 4) is 11.5 Å². The van der Waals surface area contributed by atoms with Gasteiger partial charge in [0.05, 0.1) is 12.4 Å². The lowest BCUT2D eigenvalue weighted by Crippen LogP contribution is -2.26. The fourth-order valence-corrected chi connectivity index (χ4v) is 13.1. The average molecular weight is 837 g/mol. The van der Waals surface area contributed by atoms with Crippen LogP contribution in [0, 0.1) is 47.3 Å².